The Balaban J connectivity index is 2.37. The molecule has 1 aliphatic heterocycles. The van der Waals surface area contributed by atoms with Gasteiger partial charge in [0.05, 0.1) is 5.75 Å². The summed E-state index contributed by atoms with van der Waals surface area (Å²) in [5.41, 5.74) is 0. The van der Waals surface area contributed by atoms with E-state index in [0.717, 1.165) is 25.9 Å². The molecule has 0 aliphatic carbocycles. The highest BCUT2D eigenvalue weighted by molar-refractivity contribution is 7.89. The lowest BCUT2D eigenvalue weighted by Gasteiger charge is -2.22. The van der Waals surface area contributed by atoms with E-state index in [1.54, 1.807) is 0 Å². The summed E-state index contributed by atoms with van der Waals surface area (Å²) in [6.07, 6.45) is 1.84. The zero-order valence-corrected chi connectivity index (χ0v) is 10.2. The number of piperidine rings is 1. The van der Waals surface area contributed by atoms with Crippen molar-refractivity contribution in [3.63, 3.8) is 0 Å². The van der Waals surface area contributed by atoms with Gasteiger partial charge in [0.1, 0.15) is 0 Å². The van der Waals surface area contributed by atoms with Crippen molar-refractivity contribution in [3.05, 3.63) is 11.6 Å². The fourth-order valence-corrected chi connectivity index (χ4v) is 3.22. The normalized spacial score (nSPS) is 19.0. The van der Waals surface area contributed by atoms with E-state index in [4.69, 9.17) is 11.6 Å². The summed E-state index contributed by atoms with van der Waals surface area (Å²) in [4.78, 5) is 0. The van der Waals surface area contributed by atoms with Crippen LogP contribution in [0.4, 0.5) is 0 Å². The molecule has 1 fully saturated rings. The Kier molecular flexibility index (Phi) is 5.05. The molecule has 1 saturated heterocycles. The monoisotopic (exact) mass is 252 g/mol. The van der Waals surface area contributed by atoms with Crippen molar-refractivity contribution in [1.29, 1.82) is 0 Å². The van der Waals surface area contributed by atoms with Gasteiger partial charge in [-0.15, -0.1) is 0 Å². The lowest BCUT2D eigenvalue weighted by molar-refractivity contribution is 0.400. The average molecular weight is 253 g/mol. The van der Waals surface area contributed by atoms with Crippen LogP contribution in [-0.2, 0) is 10.0 Å². The number of rotatable bonds is 5. The van der Waals surface area contributed by atoms with Gasteiger partial charge in [-0.25, -0.2) is 13.1 Å². The van der Waals surface area contributed by atoms with Crippen LogP contribution in [0.1, 0.15) is 12.8 Å². The summed E-state index contributed by atoms with van der Waals surface area (Å²) in [6, 6.07) is 0. The highest BCUT2D eigenvalue weighted by Crippen LogP contribution is 2.13. The molecule has 6 heteroatoms. The molecule has 0 saturated carbocycles. The largest absolute Gasteiger partial charge is 0.317 e. The molecule has 0 radical (unpaired) electrons. The Labute approximate surface area is 96.1 Å². The minimum absolute atomic E-state index is 0.120. The van der Waals surface area contributed by atoms with Crippen LogP contribution in [0.25, 0.3) is 0 Å². The SMILES string of the molecule is C=C(Cl)CNS(=O)(=O)CC1CCNCC1. The third-order valence-corrected chi connectivity index (χ3v) is 4.03. The van der Waals surface area contributed by atoms with Gasteiger partial charge in [-0.3, -0.25) is 0 Å². The second kappa shape index (κ2) is 5.84. The first-order valence-electron chi connectivity index (χ1n) is 5.01. The van der Waals surface area contributed by atoms with Crippen molar-refractivity contribution in [2.24, 2.45) is 5.92 Å². The number of hydrogen-bond acceptors (Lipinski definition) is 3. The van der Waals surface area contributed by atoms with Gasteiger partial charge in [-0.2, -0.15) is 0 Å². The molecule has 1 heterocycles. The summed E-state index contributed by atoms with van der Waals surface area (Å²) in [5.74, 6) is 0.450. The van der Waals surface area contributed by atoms with Crippen molar-refractivity contribution in [2.45, 2.75) is 12.8 Å². The first kappa shape index (κ1) is 13.0. The Morgan fingerprint density at radius 2 is 2.07 bits per heavy atom. The topological polar surface area (TPSA) is 58.2 Å². The molecule has 15 heavy (non-hydrogen) atoms. The van der Waals surface area contributed by atoms with E-state index in [9.17, 15) is 8.42 Å². The van der Waals surface area contributed by atoms with Crippen LogP contribution >= 0.6 is 11.6 Å². The van der Waals surface area contributed by atoms with E-state index < -0.39 is 10.0 Å². The van der Waals surface area contributed by atoms with Crippen molar-refractivity contribution in [1.82, 2.24) is 10.0 Å². The molecule has 4 nitrogen and oxygen atoms in total. The molecule has 0 atom stereocenters. The summed E-state index contributed by atoms with van der Waals surface area (Å²) < 4.78 is 25.6. The van der Waals surface area contributed by atoms with Gasteiger partial charge in [0, 0.05) is 11.6 Å². The zero-order chi connectivity index (χ0) is 11.3. The molecule has 0 bridgehead atoms. The van der Waals surface area contributed by atoms with Gasteiger partial charge in [-0.1, -0.05) is 18.2 Å². The van der Waals surface area contributed by atoms with Crippen LogP contribution in [-0.4, -0.2) is 33.8 Å². The van der Waals surface area contributed by atoms with E-state index in [0.29, 0.717) is 5.03 Å². The van der Waals surface area contributed by atoms with Gasteiger partial charge in [0.2, 0.25) is 10.0 Å². The average Bonchev–Trinajstić information content (AvgIpc) is 2.16. The van der Waals surface area contributed by atoms with Crippen LogP contribution in [0.15, 0.2) is 11.6 Å². The van der Waals surface area contributed by atoms with Gasteiger partial charge in [-0.05, 0) is 31.8 Å². The number of sulfonamides is 1. The lowest BCUT2D eigenvalue weighted by Crippen LogP contribution is -2.35. The minimum Gasteiger partial charge on any atom is -0.317 e. The van der Waals surface area contributed by atoms with E-state index in [2.05, 4.69) is 16.6 Å². The van der Waals surface area contributed by atoms with Crippen LogP contribution < -0.4 is 10.0 Å². The molecule has 0 aromatic carbocycles. The third kappa shape index (κ3) is 5.51. The first-order chi connectivity index (χ1) is 6.99. The second-order valence-corrected chi connectivity index (χ2v) is 6.20. The van der Waals surface area contributed by atoms with E-state index in [1.165, 1.54) is 0 Å². The molecule has 0 amide bonds. The molecule has 0 aromatic heterocycles. The standard InChI is InChI=1S/C9H17ClN2O2S/c1-8(10)6-12-15(13,14)7-9-2-4-11-5-3-9/h9,11-12H,1-7H2. The van der Waals surface area contributed by atoms with Crippen LogP contribution in [0.5, 0.6) is 0 Å². The first-order valence-corrected chi connectivity index (χ1v) is 7.04. The predicted molar refractivity (Wildman–Crippen MR) is 62.4 cm³/mol. The van der Waals surface area contributed by atoms with E-state index >= 15 is 0 Å². The fraction of sp³-hybridized carbons (Fsp3) is 0.778. The smallest absolute Gasteiger partial charge is 0.212 e. The molecule has 1 aliphatic rings. The van der Waals surface area contributed by atoms with Gasteiger partial charge >= 0.3 is 0 Å². The predicted octanol–water partition coefficient (Wildman–Crippen LogP) is 0.658. The molecule has 88 valence electrons. The number of nitrogens with one attached hydrogen (secondary N) is 2. The van der Waals surface area contributed by atoms with Crippen LogP contribution in [0.3, 0.4) is 0 Å². The Hall–Kier alpha value is -0.100. The summed E-state index contributed by atoms with van der Waals surface area (Å²) in [6.45, 7) is 5.36. The van der Waals surface area contributed by atoms with Crippen molar-refractivity contribution in [2.75, 3.05) is 25.4 Å². The van der Waals surface area contributed by atoms with Crippen molar-refractivity contribution < 1.29 is 8.42 Å². The molecule has 0 spiro atoms. The summed E-state index contributed by atoms with van der Waals surface area (Å²) in [7, 11) is -3.20. The quantitative estimate of drug-likeness (QED) is 0.756. The maximum atomic E-state index is 11.6. The molecule has 1 rings (SSSR count). The van der Waals surface area contributed by atoms with Crippen molar-refractivity contribution in [3.8, 4) is 0 Å². The third-order valence-electron chi connectivity index (χ3n) is 2.40. The summed E-state index contributed by atoms with van der Waals surface area (Å²) in [5, 5.41) is 3.51. The van der Waals surface area contributed by atoms with Crippen molar-refractivity contribution >= 4 is 21.6 Å². The van der Waals surface area contributed by atoms with Gasteiger partial charge in [0.15, 0.2) is 0 Å². The lowest BCUT2D eigenvalue weighted by atomic mass is 10.0. The Morgan fingerprint density at radius 3 is 2.60 bits per heavy atom. The molecular formula is C9H17ClN2O2S. The van der Waals surface area contributed by atoms with Gasteiger partial charge < -0.3 is 5.32 Å². The Bertz CT molecular complexity index is 310. The van der Waals surface area contributed by atoms with E-state index in [-0.39, 0.29) is 18.2 Å². The minimum atomic E-state index is -3.20. The molecule has 0 unspecified atom stereocenters. The van der Waals surface area contributed by atoms with Gasteiger partial charge in [0.25, 0.3) is 0 Å². The van der Waals surface area contributed by atoms with Crippen LogP contribution in [0, 0.1) is 5.92 Å². The Morgan fingerprint density at radius 1 is 1.47 bits per heavy atom. The zero-order valence-electron chi connectivity index (χ0n) is 8.63. The second-order valence-electron chi connectivity index (χ2n) is 3.81. The maximum Gasteiger partial charge on any atom is 0.212 e. The van der Waals surface area contributed by atoms with Crippen LogP contribution in [0.2, 0.25) is 0 Å². The fourth-order valence-electron chi connectivity index (χ4n) is 1.61. The maximum absolute atomic E-state index is 11.6. The molecule has 2 N–H and O–H groups in total. The number of halogens is 1. The summed E-state index contributed by atoms with van der Waals surface area (Å²) >= 11 is 5.50. The highest BCUT2D eigenvalue weighted by atomic mass is 35.5. The molecule has 0 aromatic rings. The molecular weight excluding hydrogens is 236 g/mol. The number of hydrogen-bond donors (Lipinski definition) is 2. The highest BCUT2D eigenvalue weighted by Gasteiger charge is 2.20. The van der Waals surface area contributed by atoms with E-state index in [1.807, 2.05) is 0 Å².